The van der Waals surface area contributed by atoms with Gasteiger partial charge in [0.1, 0.15) is 0 Å². The molecule has 1 aliphatic heterocycles. The average Bonchev–Trinajstić information content (AvgIpc) is 3.31. The number of ether oxygens (including phenoxy) is 2. The number of guanidine groups is 1. The molecule has 1 aliphatic carbocycles. The predicted octanol–water partition coefficient (Wildman–Crippen LogP) is 2.55. The summed E-state index contributed by atoms with van der Waals surface area (Å²) in [5.41, 5.74) is 1.08. The lowest BCUT2D eigenvalue weighted by Gasteiger charge is -2.21. The summed E-state index contributed by atoms with van der Waals surface area (Å²) in [4.78, 5) is 6.85. The second kappa shape index (κ2) is 9.12. The Hall–Kier alpha value is -1.95. The maximum absolute atomic E-state index is 9.76. The quantitative estimate of drug-likeness (QED) is 0.602. The molecule has 3 rings (SSSR count). The van der Waals surface area contributed by atoms with E-state index in [-0.39, 0.29) is 6.10 Å². The standard InChI is InChI=1S/C20H31N3O3/c1-3-21-20(23-11-10-16(24)14-23)22-13-15-8-9-18(19(12-15)25-2)26-17-6-4-5-7-17/h8-9,12,16-17,24H,3-7,10-11,13-14H2,1-2H3,(H,21,22)/t16-/m1/s1. The zero-order valence-electron chi connectivity index (χ0n) is 15.9. The molecule has 1 atom stereocenters. The number of likely N-dealkylation sites (tertiary alicyclic amines) is 1. The van der Waals surface area contributed by atoms with Gasteiger partial charge in [-0.3, -0.25) is 0 Å². The molecular formula is C20H31N3O3. The van der Waals surface area contributed by atoms with Crippen LogP contribution in [0.3, 0.4) is 0 Å². The van der Waals surface area contributed by atoms with E-state index in [0.29, 0.717) is 19.2 Å². The van der Waals surface area contributed by atoms with Crippen LogP contribution in [0, 0.1) is 0 Å². The molecule has 1 heterocycles. The van der Waals surface area contributed by atoms with Gasteiger partial charge in [-0.25, -0.2) is 4.99 Å². The van der Waals surface area contributed by atoms with Gasteiger partial charge < -0.3 is 24.8 Å². The Labute approximate surface area is 156 Å². The number of aliphatic imine (C=N–C) groups is 1. The van der Waals surface area contributed by atoms with Gasteiger partial charge in [0.05, 0.1) is 25.9 Å². The van der Waals surface area contributed by atoms with Crippen LogP contribution in [0.5, 0.6) is 11.5 Å². The summed E-state index contributed by atoms with van der Waals surface area (Å²) in [5.74, 6) is 2.45. The van der Waals surface area contributed by atoms with Gasteiger partial charge in [-0.1, -0.05) is 6.07 Å². The summed E-state index contributed by atoms with van der Waals surface area (Å²) in [6.07, 6.45) is 5.61. The van der Waals surface area contributed by atoms with Crippen molar-refractivity contribution in [1.29, 1.82) is 0 Å². The summed E-state index contributed by atoms with van der Waals surface area (Å²) >= 11 is 0. The fourth-order valence-electron chi connectivity index (χ4n) is 3.62. The van der Waals surface area contributed by atoms with Gasteiger partial charge in [-0.05, 0) is 56.7 Å². The maximum atomic E-state index is 9.76. The van der Waals surface area contributed by atoms with E-state index in [0.717, 1.165) is 55.4 Å². The minimum atomic E-state index is -0.258. The Kier molecular flexibility index (Phi) is 6.61. The van der Waals surface area contributed by atoms with Crippen LogP contribution < -0.4 is 14.8 Å². The van der Waals surface area contributed by atoms with Crippen LogP contribution >= 0.6 is 0 Å². The second-order valence-corrected chi connectivity index (χ2v) is 7.07. The van der Waals surface area contributed by atoms with E-state index in [9.17, 15) is 5.11 Å². The van der Waals surface area contributed by atoms with Crippen LogP contribution in [0.2, 0.25) is 0 Å². The second-order valence-electron chi connectivity index (χ2n) is 7.07. The number of nitrogens with zero attached hydrogens (tertiary/aromatic N) is 2. The van der Waals surface area contributed by atoms with Crippen LogP contribution in [0.4, 0.5) is 0 Å². The van der Waals surface area contributed by atoms with Crippen LogP contribution in [0.1, 0.15) is 44.6 Å². The van der Waals surface area contributed by atoms with Crippen molar-refractivity contribution in [2.24, 2.45) is 4.99 Å². The van der Waals surface area contributed by atoms with Crippen molar-refractivity contribution >= 4 is 5.96 Å². The SMILES string of the molecule is CCNC(=NCc1ccc(OC2CCCC2)c(OC)c1)N1CC[C@@H](O)C1. The molecule has 0 spiro atoms. The lowest BCUT2D eigenvalue weighted by Crippen LogP contribution is -2.40. The molecule has 1 saturated heterocycles. The molecule has 0 bridgehead atoms. The van der Waals surface area contributed by atoms with Crippen LogP contribution in [-0.4, -0.2) is 54.9 Å². The Morgan fingerprint density at radius 3 is 2.73 bits per heavy atom. The number of β-amino-alcohol motifs (C(OH)–C–C–N with tert-alkyl or cyclic N) is 1. The van der Waals surface area contributed by atoms with E-state index in [4.69, 9.17) is 14.5 Å². The van der Waals surface area contributed by atoms with Gasteiger partial charge in [0, 0.05) is 19.6 Å². The van der Waals surface area contributed by atoms with Crippen LogP contribution in [-0.2, 0) is 6.54 Å². The first kappa shape index (κ1) is 18.8. The maximum Gasteiger partial charge on any atom is 0.194 e. The Morgan fingerprint density at radius 1 is 1.27 bits per heavy atom. The van der Waals surface area contributed by atoms with Gasteiger partial charge in [0.15, 0.2) is 17.5 Å². The number of hydrogen-bond donors (Lipinski definition) is 2. The molecule has 1 saturated carbocycles. The minimum Gasteiger partial charge on any atom is -0.493 e. The lowest BCUT2D eigenvalue weighted by atomic mass is 10.2. The van der Waals surface area contributed by atoms with Gasteiger partial charge in [0.25, 0.3) is 0 Å². The first-order valence-electron chi connectivity index (χ1n) is 9.74. The number of benzene rings is 1. The highest BCUT2D eigenvalue weighted by molar-refractivity contribution is 5.80. The third-order valence-electron chi connectivity index (χ3n) is 5.03. The molecule has 26 heavy (non-hydrogen) atoms. The van der Waals surface area contributed by atoms with Crippen molar-refractivity contribution in [1.82, 2.24) is 10.2 Å². The van der Waals surface area contributed by atoms with Gasteiger partial charge in [-0.15, -0.1) is 0 Å². The first-order chi connectivity index (χ1) is 12.7. The molecule has 1 aromatic rings. The van der Waals surface area contributed by atoms with E-state index >= 15 is 0 Å². The fourth-order valence-corrected chi connectivity index (χ4v) is 3.62. The molecule has 2 aliphatic rings. The van der Waals surface area contributed by atoms with E-state index in [2.05, 4.69) is 23.2 Å². The summed E-state index contributed by atoms with van der Waals surface area (Å²) in [6.45, 7) is 4.91. The topological polar surface area (TPSA) is 66.3 Å². The zero-order chi connectivity index (χ0) is 18.4. The molecule has 0 radical (unpaired) electrons. The highest BCUT2D eigenvalue weighted by Crippen LogP contribution is 2.32. The Bertz CT molecular complexity index is 614. The molecule has 0 aromatic heterocycles. The van der Waals surface area contributed by atoms with Gasteiger partial charge in [-0.2, -0.15) is 0 Å². The molecule has 6 nitrogen and oxygen atoms in total. The summed E-state index contributed by atoms with van der Waals surface area (Å²) < 4.78 is 11.6. The smallest absolute Gasteiger partial charge is 0.194 e. The molecule has 2 N–H and O–H groups in total. The third-order valence-corrected chi connectivity index (χ3v) is 5.03. The average molecular weight is 361 g/mol. The summed E-state index contributed by atoms with van der Waals surface area (Å²) in [5, 5.41) is 13.1. The van der Waals surface area contributed by atoms with Crippen molar-refractivity contribution in [2.75, 3.05) is 26.7 Å². The number of methoxy groups -OCH3 is 1. The van der Waals surface area contributed by atoms with Crippen molar-refractivity contribution in [3.8, 4) is 11.5 Å². The molecule has 1 aromatic carbocycles. The fraction of sp³-hybridized carbons (Fsp3) is 0.650. The van der Waals surface area contributed by atoms with Crippen LogP contribution in [0.15, 0.2) is 23.2 Å². The third kappa shape index (κ3) is 4.81. The van der Waals surface area contributed by atoms with E-state index in [1.165, 1.54) is 12.8 Å². The lowest BCUT2D eigenvalue weighted by molar-refractivity contribution is 0.187. The van der Waals surface area contributed by atoms with Gasteiger partial charge in [0.2, 0.25) is 0 Å². The number of nitrogens with one attached hydrogen (secondary N) is 1. The highest BCUT2D eigenvalue weighted by atomic mass is 16.5. The van der Waals surface area contributed by atoms with Crippen LogP contribution in [0.25, 0.3) is 0 Å². The normalized spacial score (nSPS) is 21.3. The summed E-state index contributed by atoms with van der Waals surface area (Å²) in [7, 11) is 1.68. The van der Waals surface area contributed by atoms with E-state index in [1.807, 2.05) is 12.1 Å². The molecule has 0 unspecified atom stereocenters. The van der Waals surface area contributed by atoms with E-state index < -0.39 is 0 Å². The Balaban J connectivity index is 1.67. The Morgan fingerprint density at radius 2 is 2.08 bits per heavy atom. The molecule has 2 fully saturated rings. The van der Waals surface area contributed by atoms with Crippen molar-refractivity contribution in [3.63, 3.8) is 0 Å². The number of aliphatic hydroxyl groups is 1. The van der Waals surface area contributed by atoms with Gasteiger partial charge >= 0.3 is 0 Å². The van der Waals surface area contributed by atoms with Crippen molar-refractivity contribution < 1.29 is 14.6 Å². The zero-order valence-corrected chi connectivity index (χ0v) is 15.9. The minimum absolute atomic E-state index is 0.258. The molecule has 6 heteroatoms. The number of rotatable bonds is 6. The van der Waals surface area contributed by atoms with E-state index in [1.54, 1.807) is 7.11 Å². The highest BCUT2D eigenvalue weighted by Gasteiger charge is 2.23. The molecule has 144 valence electrons. The van der Waals surface area contributed by atoms with Crippen molar-refractivity contribution in [3.05, 3.63) is 23.8 Å². The number of aliphatic hydroxyl groups excluding tert-OH is 1. The summed E-state index contributed by atoms with van der Waals surface area (Å²) in [6, 6.07) is 6.06. The predicted molar refractivity (Wildman–Crippen MR) is 103 cm³/mol. The number of hydrogen-bond acceptors (Lipinski definition) is 4. The largest absolute Gasteiger partial charge is 0.493 e. The monoisotopic (exact) mass is 361 g/mol. The molecule has 0 amide bonds. The first-order valence-corrected chi connectivity index (χ1v) is 9.74. The molecular weight excluding hydrogens is 330 g/mol. The van der Waals surface area contributed by atoms with Crippen molar-refractivity contribution in [2.45, 2.75) is 57.8 Å².